The molecule has 26 heavy (non-hydrogen) atoms. The van der Waals surface area contributed by atoms with E-state index in [4.69, 9.17) is 0 Å². The summed E-state index contributed by atoms with van der Waals surface area (Å²) in [7, 11) is -0.182. The predicted octanol–water partition coefficient (Wildman–Crippen LogP) is 7.67. The molecule has 1 unspecified atom stereocenters. The fourth-order valence-electron chi connectivity index (χ4n) is 3.64. The highest BCUT2D eigenvalue weighted by Crippen LogP contribution is 2.36. The molecule has 0 spiro atoms. The van der Waals surface area contributed by atoms with Crippen LogP contribution in [0.2, 0.25) is 0 Å². The van der Waals surface area contributed by atoms with Gasteiger partial charge in [0.2, 0.25) is 0 Å². The predicted molar refractivity (Wildman–Crippen MR) is 122 cm³/mol. The van der Waals surface area contributed by atoms with Gasteiger partial charge in [-0.2, -0.15) is 0 Å². The highest BCUT2D eigenvalue weighted by molar-refractivity contribution is 7.62. The van der Waals surface area contributed by atoms with Gasteiger partial charge in [-0.1, -0.05) is 102 Å². The average molecular weight is 378 g/mol. The standard InChI is InChI=1S/C24H44NP/c1-5-7-9-11-13-17-21-25(22-18-14-12-10-8-6-2)26(4)24-20-16-15-19-23(24)3/h15-16,19-20H,5-14,17-18,21-22H2,1-4H3. The summed E-state index contributed by atoms with van der Waals surface area (Å²) >= 11 is 0. The van der Waals surface area contributed by atoms with Crippen molar-refractivity contribution < 1.29 is 0 Å². The van der Waals surface area contributed by atoms with Crippen molar-refractivity contribution in [2.24, 2.45) is 0 Å². The van der Waals surface area contributed by atoms with E-state index in [0.29, 0.717) is 0 Å². The van der Waals surface area contributed by atoms with Crippen molar-refractivity contribution in [3.8, 4) is 0 Å². The Hall–Kier alpha value is -0.390. The Morgan fingerprint density at radius 3 is 1.65 bits per heavy atom. The minimum Gasteiger partial charge on any atom is -0.279 e. The zero-order valence-electron chi connectivity index (χ0n) is 18.1. The van der Waals surface area contributed by atoms with Gasteiger partial charge >= 0.3 is 0 Å². The van der Waals surface area contributed by atoms with Crippen LogP contribution in [0.5, 0.6) is 0 Å². The van der Waals surface area contributed by atoms with Crippen molar-refractivity contribution in [3.63, 3.8) is 0 Å². The van der Waals surface area contributed by atoms with E-state index < -0.39 is 0 Å². The molecule has 0 fully saturated rings. The van der Waals surface area contributed by atoms with E-state index >= 15 is 0 Å². The third-order valence-electron chi connectivity index (χ3n) is 5.43. The number of unbranched alkanes of at least 4 members (excludes halogenated alkanes) is 10. The first kappa shape index (κ1) is 23.6. The zero-order chi connectivity index (χ0) is 19.0. The van der Waals surface area contributed by atoms with Crippen molar-refractivity contribution in [2.75, 3.05) is 19.8 Å². The van der Waals surface area contributed by atoms with Crippen LogP contribution < -0.4 is 5.30 Å². The average Bonchev–Trinajstić information content (AvgIpc) is 2.65. The first-order chi connectivity index (χ1) is 12.7. The third-order valence-corrected chi connectivity index (χ3v) is 7.88. The Bertz CT molecular complexity index is 430. The van der Waals surface area contributed by atoms with Crippen molar-refractivity contribution in [2.45, 2.75) is 97.8 Å². The number of benzene rings is 1. The Labute approximate surface area is 165 Å². The molecule has 0 aliphatic rings. The molecule has 0 bridgehead atoms. The van der Waals surface area contributed by atoms with Crippen LogP contribution in [-0.4, -0.2) is 24.4 Å². The summed E-state index contributed by atoms with van der Waals surface area (Å²) in [5.41, 5.74) is 1.47. The summed E-state index contributed by atoms with van der Waals surface area (Å²) in [5.74, 6) is 0. The molecule has 1 aromatic carbocycles. The molecule has 0 amide bonds. The molecule has 2 heteroatoms. The molecule has 1 aromatic rings. The van der Waals surface area contributed by atoms with E-state index in [1.165, 1.54) is 95.7 Å². The van der Waals surface area contributed by atoms with Crippen LogP contribution >= 0.6 is 8.07 Å². The highest BCUT2D eigenvalue weighted by Gasteiger charge is 2.16. The van der Waals surface area contributed by atoms with Gasteiger partial charge in [0.05, 0.1) is 0 Å². The van der Waals surface area contributed by atoms with Gasteiger partial charge < -0.3 is 0 Å². The Morgan fingerprint density at radius 2 is 1.15 bits per heavy atom. The van der Waals surface area contributed by atoms with Gasteiger partial charge in [-0.3, -0.25) is 4.67 Å². The molecule has 0 N–H and O–H groups in total. The first-order valence-corrected chi connectivity index (χ1v) is 13.0. The smallest absolute Gasteiger partial charge is 0.00236 e. The van der Waals surface area contributed by atoms with Crippen LogP contribution in [0.1, 0.15) is 96.5 Å². The van der Waals surface area contributed by atoms with E-state index in [9.17, 15) is 0 Å². The summed E-state index contributed by atoms with van der Waals surface area (Å²) in [6, 6.07) is 9.03. The molecular formula is C24H44NP. The van der Waals surface area contributed by atoms with Crippen molar-refractivity contribution in [1.29, 1.82) is 0 Å². The van der Waals surface area contributed by atoms with Gasteiger partial charge in [0.1, 0.15) is 0 Å². The normalized spacial score (nSPS) is 12.7. The van der Waals surface area contributed by atoms with Crippen LogP contribution in [0.25, 0.3) is 0 Å². The second-order valence-electron chi connectivity index (χ2n) is 7.80. The van der Waals surface area contributed by atoms with Crippen molar-refractivity contribution in [3.05, 3.63) is 29.8 Å². The van der Waals surface area contributed by atoms with Gasteiger partial charge in [-0.05, 0) is 45.4 Å². The van der Waals surface area contributed by atoms with Crippen molar-refractivity contribution >= 4 is 13.4 Å². The van der Waals surface area contributed by atoms with E-state index in [1.54, 1.807) is 5.30 Å². The SMILES string of the molecule is CCCCCCCCN(CCCCCCCC)P(C)c1ccccc1C. The molecule has 1 nitrogen and oxygen atoms in total. The number of rotatable bonds is 16. The molecule has 150 valence electrons. The Kier molecular flexibility index (Phi) is 14.2. The van der Waals surface area contributed by atoms with Crippen LogP contribution in [0.4, 0.5) is 0 Å². The zero-order valence-corrected chi connectivity index (χ0v) is 19.0. The summed E-state index contributed by atoms with van der Waals surface area (Å²) in [6.45, 7) is 11.9. The lowest BCUT2D eigenvalue weighted by atomic mass is 10.1. The topological polar surface area (TPSA) is 3.24 Å². The number of hydrogen-bond donors (Lipinski definition) is 0. The maximum Gasteiger partial charge on any atom is 0.00236 e. The maximum atomic E-state index is 2.82. The van der Waals surface area contributed by atoms with Gasteiger partial charge in [0.15, 0.2) is 0 Å². The lowest BCUT2D eigenvalue weighted by Gasteiger charge is -2.30. The minimum atomic E-state index is -0.182. The number of nitrogens with zero attached hydrogens (tertiary/aromatic N) is 1. The molecule has 0 aromatic heterocycles. The fourth-order valence-corrected chi connectivity index (χ4v) is 5.71. The van der Waals surface area contributed by atoms with E-state index in [0.717, 1.165) is 0 Å². The third kappa shape index (κ3) is 10.1. The minimum absolute atomic E-state index is 0.182. The van der Waals surface area contributed by atoms with E-state index in [2.05, 4.69) is 56.4 Å². The summed E-state index contributed by atoms with van der Waals surface area (Å²) < 4.78 is 2.82. The van der Waals surface area contributed by atoms with Gasteiger partial charge in [-0.25, -0.2) is 0 Å². The summed E-state index contributed by atoms with van der Waals surface area (Å²) in [6.07, 6.45) is 16.8. The molecule has 1 rings (SSSR count). The fraction of sp³-hybridized carbons (Fsp3) is 0.750. The first-order valence-electron chi connectivity index (χ1n) is 11.2. The van der Waals surface area contributed by atoms with Crippen molar-refractivity contribution in [1.82, 2.24) is 4.67 Å². The molecule has 0 saturated heterocycles. The molecular weight excluding hydrogens is 333 g/mol. The quantitative estimate of drug-likeness (QED) is 0.211. The largest absolute Gasteiger partial charge is 0.279 e. The van der Waals surface area contributed by atoms with Crippen LogP contribution in [0, 0.1) is 6.92 Å². The second-order valence-corrected chi connectivity index (χ2v) is 9.89. The summed E-state index contributed by atoms with van der Waals surface area (Å²) in [5, 5.41) is 1.58. The lowest BCUT2D eigenvalue weighted by Crippen LogP contribution is -2.26. The molecule has 0 aliphatic heterocycles. The lowest BCUT2D eigenvalue weighted by molar-refractivity contribution is 0.416. The Balaban J connectivity index is 2.47. The number of hydrogen-bond acceptors (Lipinski definition) is 1. The molecule has 0 saturated carbocycles. The van der Waals surface area contributed by atoms with E-state index in [1.807, 2.05) is 0 Å². The number of aryl methyl sites for hydroxylation is 1. The summed E-state index contributed by atoms with van der Waals surface area (Å²) in [4.78, 5) is 0. The molecule has 0 radical (unpaired) electrons. The second kappa shape index (κ2) is 15.6. The van der Waals surface area contributed by atoms with Crippen LogP contribution in [0.15, 0.2) is 24.3 Å². The van der Waals surface area contributed by atoms with Crippen LogP contribution in [-0.2, 0) is 0 Å². The molecule has 0 heterocycles. The Morgan fingerprint density at radius 1 is 0.692 bits per heavy atom. The maximum absolute atomic E-state index is 2.82. The molecule has 0 aliphatic carbocycles. The highest BCUT2D eigenvalue weighted by atomic mass is 31.1. The van der Waals surface area contributed by atoms with Gasteiger partial charge in [0.25, 0.3) is 0 Å². The van der Waals surface area contributed by atoms with Crippen LogP contribution in [0.3, 0.4) is 0 Å². The molecule has 1 atom stereocenters. The monoisotopic (exact) mass is 377 g/mol. The van der Waals surface area contributed by atoms with Gasteiger partial charge in [0, 0.05) is 13.1 Å². The van der Waals surface area contributed by atoms with Gasteiger partial charge in [-0.15, -0.1) is 0 Å². The van der Waals surface area contributed by atoms with E-state index in [-0.39, 0.29) is 8.07 Å².